The van der Waals surface area contributed by atoms with E-state index in [0.717, 1.165) is 56.2 Å². The predicted octanol–water partition coefficient (Wildman–Crippen LogP) is 3.23. The topological polar surface area (TPSA) is 53.0 Å². The van der Waals surface area contributed by atoms with E-state index in [-0.39, 0.29) is 23.5 Å². The fourth-order valence-corrected chi connectivity index (χ4v) is 5.08. The largest absolute Gasteiger partial charge is 0.351 e. The number of likely N-dealkylation sites (tertiary alicyclic amines) is 1. The third-order valence-electron chi connectivity index (χ3n) is 5.38. The van der Waals surface area contributed by atoms with Gasteiger partial charge in [0.25, 0.3) is 5.91 Å². The van der Waals surface area contributed by atoms with Gasteiger partial charge in [0.1, 0.15) is 5.25 Å². The predicted molar refractivity (Wildman–Crippen MR) is 106 cm³/mol. The number of hydrogen-bond donors (Lipinski definition) is 0. The molecule has 0 aromatic heterocycles. The molecular formula is C20H25N3O2S. The van der Waals surface area contributed by atoms with Crippen molar-refractivity contribution in [1.82, 2.24) is 4.90 Å². The Labute approximate surface area is 158 Å². The van der Waals surface area contributed by atoms with Crippen LogP contribution in [-0.2, 0) is 16.0 Å². The molecule has 0 radical (unpaired) electrons. The molecule has 1 saturated heterocycles. The maximum atomic E-state index is 12.9. The van der Waals surface area contributed by atoms with Gasteiger partial charge in [-0.3, -0.25) is 9.59 Å². The number of thioether (sulfide) groups is 1. The lowest BCUT2D eigenvalue weighted by Gasteiger charge is -2.30. The maximum Gasteiger partial charge on any atom is 0.262 e. The molecule has 1 atom stereocenters. The maximum absolute atomic E-state index is 12.9. The zero-order valence-corrected chi connectivity index (χ0v) is 15.8. The van der Waals surface area contributed by atoms with E-state index in [1.165, 1.54) is 30.2 Å². The first-order chi connectivity index (χ1) is 12.7. The molecule has 0 bridgehead atoms. The average Bonchev–Trinajstić information content (AvgIpc) is 2.87. The SMILES string of the molecule is O=C1N=C(N2CCCCCC2)SC1CC(=O)N1CCCc2ccccc21. The Hall–Kier alpha value is -1.82. The molecule has 1 unspecified atom stereocenters. The van der Waals surface area contributed by atoms with E-state index in [9.17, 15) is 9.59 Å². The van der Waals surface area contributed by atoms with Gasteiger partial charge in [-0.25, -0.2) is 0 Å². The second-order valence-electron chi connectivity index (χ2n) is 7.22. The zero-order chi connectivity index (χ0) is 17.9. The van der Waals surface area contributed by atoms with Gasteiger partial charge in [-0.05, 0) is 37.3 Å². The lowest BCUT2D eigenvalue weighted by molar-refractivity contribution is -0.122. The number of nitrogens with zero attached hydrogens (tertiary/aromatic N) is 3. The molecule has 3 aliphatic rings. The third-order valence-corrected chi connectivity index (χ3v) is 6.59. The number of benzene rings is 1. The highest BCUT2D eigenvalue weighted by atomic mass is 32.2. The van der Waals surface area contributed by atoms with E-state index in [1.807, 2.05) is 23.1 Å². The highest BCUT2D eigenvalue weighted by Crippen LogP contribution is 2.32. The van der Waals surface area contributed by atoms with Gasteiger partial charge in [0.2, 0.25) is 5.91 Å². The van der Waals surface area contributed by atoms with Crippen LogP contribution in [0.4, 0.5) is 5.69 Å². The molecule has 5 nitrogen and oxygen atoms in total. The molecule has 2 amide bonds. The summed E-state index contributed by atoms with van der Waals surface area (Å²) in [5.41, 5.74) is 2.23. The molecular weight excluding hydrogens is 346 g/mol. The van der Waals surface area contributed by atoms with Crippen molar-refractivity contribution in [3.05, 3.63) is 29.8 Å². The van der Waals surface area contributed by atoms with Crippen LogP contribution in [0.3, 0.4) is 0 Å². The number of amidine groups is 1. The average molecular weight is 372 g/mol. The van der Waals surface area contributed by atoms with Crippen LogP contribution in [0.25, 0.3) is 0 Å². The number of anilines is 1. The van der Waals surface area contributed by atoms with Gasteiger partial charge in [0.15, 0.2) is 5.17 Å². The summed E-state index contributed by atoms with van der Waals surface area (Å²) in [6, 6.07) is 8.09. The molecule has 4 rings (SSSR count). The number of fused-ring (bicyclic) bond motifs is 1. The summed E-state index contributed by atoms with van der Waals surface area (Å²) in [5.74, 6) is -0.108. The molecule has 3 aliphatic heterocycles. The fourth-order valence-electron chi connectivity index (χ4n) is 3.97. The van der Waals surface area contributed by atoms with E-state index in [4.69, 9.17) is 0 Å². The van der Waals surface area contributed by atoms with Gasteiger partial charge in [-0.2, -0.15) is 4.99 Å². The van der Waals surface area contributed by atoms with Crippen molar-refractivity contribution < 1.29 is 9.59 Å². The Morgan fingerprint density at radius 1 is 1.08 bits per heavy atom. The smallest absolute Gasteiger partial charge is 0.262 e. The number of amides is 2. The Morgan fingerprint density at radius 3 is 2.65 bits per heavy atom. The number of carbonyl (C=O) groups excluding carboxylic acids is 2. The number of para-hydroxylation sites is 1. The number of rotatable bonds is 2. The Balaban J connectivity index is 1.41. The molecule has 138 valence electrons. The van der Waals surface area contributed by atoms with Gasteiger partial charge in [0.05, 0.1) is 0 Å². The van der Waals surface area contributed by atoms with Crippen LogP contribution in [0.2, 0.25) is 0 Å². The van der Waals surface area contributed by atoms with E-state index >= 15 is 0 Å². The number of hydrogen-bond acceptors (Lipinski definition) is 4. The van der Waals surface area contributed by atoms with Gasteiger partial charge in [-0.1, -0.05) is 42.8 Å². The van der Waals surface area contributed by atoms with Gasteiger partial charge < -0.3 is 9.80 Å². The van der Waals surface area contributed by atoms with Crippen LogP contribution in [0.1, 0.15) is 44.1 Å². The molecule has 6 heteroatoms. The molecule has 0 aliphatic carbocycles. The third kappa shape index (κ3) is 3.65. The van der Waals surface area contributed by atoms with E-state index in [0.29, 0.717) is 0 Å². The molecule has 0 saturated carbocycles. The first kappa shape index (κ1) is 17.6. The lowest BCUT2D eigenvalue weighted by Crippen LogP contribution is -2.37. The second kappa shape index (κ2) is 7.82. The summed E-state index contributed by atoms with van der Waals surface area (Å²) in [5, 5.41) is 0.462. The van der Waals surface area contributed by atoms with Crippen LogP contribution in [0, 0.1) is 0 Å². The van der Waals surface area contributed by atoms with E-state index in [1.54, 1.807) is 0 Å². The van der Waals surface area contributed by atoms with Gasteiger partial charge in [0, 0.05) is 31.7 Å². The molecule has 1 fully saturated rings. The summed E-state index contributed by atoms with van der Waals surface area (Å²) in [4.78, 5) is 33.6. The molecule has 0 spiro atoms. The van der Waals surface area contributed by atoms with Crippen molar-refractivity contribution in [3.63, 3.8) is 0 Å². The first-order valence-electron chi connectivity index (χ1n) is 9.65. The van der Waals surface area contributed by atoms with Crippen molar-refractivity contribution >= 4 is 34.4 Å². The van der Waals surface area contributed by atoms with Gasteiger partial charge >= 0.3 is 0 Å². The van der Waals surface area contributed by atoms with Crippen molar-refractivity contribution in [2.75, 3.05) is 24.5 Å². The lowest BCUT2D eigenvalue weighted by atomic mass is 10.0. The van der Waals surface area contributed by atoms with Crippen LogP contribution in [0.5, 0.6) is 0 Å². The van der Waals surface area contributed by atoms with Gasteiger partial charge in [-0.15, -0.1) is 0 Å². The first-order valence-corrected chi connectivity index (χ1v) is 10.5. The fraction of sp³-hybridized carbons (Fsp3) is 0.550. The summed E-state index contributed by atoms with van der Waals surface area (Å²) in [6.07, 6.45) is 7.03. The van der Waals surface area contributed by atoms with Crippen molar-refractivity contribution in [1.29, 1.82) is 0 Å². The number of aliphatic imine (C=N–C) groups is 1. The highest BCUT2D eigenvalue weighted by Gasteiger charge is 2.35. The molecule has 0 N–H and O–H groups in total. The summed E-state index contributed by atoms with van der Waals surface area (Å²) in [6.45, 7) is 2.68. The number of carbonyl (C=O) groups is 2. The van der Waals surface area contributed by atoms with Crippen molar-refractivity contribution in [2.24, 2.45) is 4.99 Å². The Kier molecular flexibility index (Phi) is 5.29. The quantitative estimate of drug-likeness (QED) is 0.801. The molecule has 1 aromatic carbocycles. The Bertz CT molecular complexity index is 726. The molecule has 3 heterocycles. The van der Waals surface area contributed by atoms with Crippen LogP contribution >= 0.6 is 11.8 Å². The standard InChI is InChI=1S/C20H25N3O2S/c24-18(23-13-7-9-15-8-3-4-10-16(15)23)14-17-19(25)21-20(26-17)22-11-5-1-2-6-12-22/h3-4,8,10,17H,1-2,5-7,9,11-14H2. The molecule has 1 aromatic rings. The van der Waals surface area contributed by atoms with Crippen molar-refractivity contribution in [2.45, 2.75) is 50.2 Å². The minimum atomic E-state index is -0.366. The van der Waals surface area contributed by atoms with Crippen LogP contribution < -0.4 is 4.90 Å². The minimum Gasteiger partial charge on any atom is -0.351 e. The Morgan fingerprint density at radius 2 is 1.85 bits per heavy atom. The summed E-state index contributed by atoms with van der Waals surface area (Å²) in [7, 11) is 0. The minimum absolute atomic E-state index is 0.0373. The normalized spacial score (nSPS) is 23.5. The summed E-state index contributed by atoms with van der Waals surface area (Å²) < 4.78 is 0. The van der Waals surface area contributed by atoms with E-state index in [2.05, 4.69) is 16.0 Å². The van der Waals surface area contributed by atoms with Crippen LogP contribution in [-0.4, -0.2) is 46.8 Å². The second-order valence-corrected chi connectivity index (χ2v) is 8.39. The molecule has 26 heavy (non-hydrogen) atoms. The van der Waals surface area contributed by atoms with Crippen molar-refractivity contribution in [3.8, 4) is 0 Å². The zero-order valence-electron chi connectivity index (χ0n) is 15.0. The van der Waals surface area contributed by atoms with E-state index < -0.39 is 0 Å². The monoisotopic (exact) mass is 371 g/mol. The highest BCUT2D eigenvalue weighted by molar-refractivity contribution is 8.15. The van der Waals surface area contributed by atoms with Crippen LogP contribution in [0.15, 0.2) is 29.3 Å². The summed E-state index contributed by atoms with van der Waals surface area (Å²) >= 11 is 1.49. The number of aryl methyl sites for hydroxylation is 1.